The molecule has 12 aromatic rings. The van der Waals surface area contributed by atoms with Crippen molar-refractivity contribution in [1.29, 1.82) is 10.5 Å². The van der Waals surface area contributed by atoms with Gasteiger partial charge in [0.2, 0.25) is 0 Å². The van der Waals surface area contributed by atoms with Crippen LogP contribution in [0, 0.1) is 22.7 Å². The van der Waals surface area contributed by atoms with Crippen LogP contribution in [0.15, 0.2) is 97.1 Å². The minimum atomic E-state index is -0.690. The number of hydrogen-bond acceptors (Lipinski definition) is 12. The van der Waals surface area contributed by atoms with E-state index in [0.717, 1.165) is 9.75 Å². The number of nitrogens with one attached hydrogen (secondary N) is 1. The van der Waals surface area contributed by atoms with Crippen LogP contribution in [-0.4, -0.2) is 54.7 Å². The summed E-state index contributed by atoms with van der Waals surface area (Å²) in [7, 11) is 1.34. The first kappa shape index (κ1) is 53.8. The SMILES string of the molecule is C[N-]C(=O)c1cc(C#N)c2c3ccc4c5c(ccc(c6c(-c7ccc(-c8ccc(-c9cc%10c%11c(cc(C#N)c%12c%13ccc%14c%15c(ccc(c9c%11%12)c%15%13)C(=O)[N-]C%14=O)C(=O)NC%10=O)s8)s7)cc(C=O)c1c26)c53)C(=O)[N-]C4=O.[Rb+].[Rb+].[Rb+]. The van der Waals surface area contributed by atoms with Crippen molar-refractivity contribution < 1.29 is 213 Å². The number of rotatable bonds is 5. The minimum Gasteiger partial charge on any atom is -0.652 e. The molecule has 15 rings (SSSR count). The Morgan fingerprint density at radius 1 is 0.462 bits per heavy atom. The van der Waals surface area contributed by atoms with E-state index in [2.05, 4.69) is 33.4 Å². The molecule has 0 bridgehead atoms. The van der Waals surface area contributed by atoms with Crippen molar-refractivity contribution in [3.8, 4) is 42.8 Å². The van der Waals surface area contributed by atoms with Crippen LogP contribution in [-0.2, 0) is 0 Å². The maximum Gasteiger partial charge on any atom is 1.00 e. The quantitative estimate of drug-likeness (QED) is 0.113. The number of fused-ring (bicyclic) bond motifs is 4. The van der Waals surface area contributed by atoms with E-state index in [4.69, 9.17) is 0 Å². The van der Waals surface area contributed by atoms with Gasteiger partial charge in [-0.05, 0) is 91.6 Å². The Balaban J connectivity index is 0.00000203. The zero-order valence-electron chi connectivity index (χ0n) is 41.1. The fourth-order valence-electron chi connectivity index (χ4n) is 12.2. The van der Waals surface area contributed by atoms with Gasteiger partial charge in [0.25, 0.3) is 11.8 Å². The first-order valence-corrected chi connectivity index (χ1v) is 24.7. The van der Waals surface area contributed by atoms with E-state index in [1.807, 2.05) is 24.3 Å². The van der Waals surface area contributed by atoms with E-state index in [0.29, 0.717) is 113 Å². The van der Waals surface area contributed by atoms with Gasteiger partial charge in [-0.25, -0.2) is 0 Å². The van der Waals surface area contributed by atoms with Gasteiger partial charge in [-0.15, -0.1) is 29.7 Å². The van der Waals surface area contributed by atoms with Gasteiger partial charge >= 0.3 is 175 Å². The van der Waals surface area contributed by atoms with Gasteiger partial charge in [-0.3, -0.25) is 19.7 Å². The summed E-state index contributed by atoms with van der Waals surface area (Å²) in [6.45, 7) is 0. The molecule has 78 heavy (non-hydrogen) atoms. The number of amides is 7. The van der Waals surface area contributed by atoms with E-state index in [1.54, 1.807) is 60.7 Å². The molecule has 0 radical (unpaired) electrons. The van der Waals surface area contributed by atoms with E-state index < -0.39 is 41.4 Å². The molecule has 0 unspecified atom stereocenters. The van der Waals surface area contributed by atoms with Crippen LogP contribution in [0.4, 0.5) is 0 Å². The van der Waals surface area contributed by atoms with Crippen molar-refractivity contribution in [2.24, 2.45) is 0 Å². The molecule has 0 saturated heterocycles. The van der Waals surface area contributed by atoms with E-state index in [-0.39, 0.29) is 230 Å². The second-order valence-corrected chi connectivity index (χ2v) is 20.7. The van der Waals surface area contributed by atoms with Crippen LogP contribution < -0.4 is 180 Å². The Kier molecular flexibility index (Phi) is 13.4. The van der Waals surface area contributed by atoms with Crippen molar-refractivity contribution in [1.82, 2.24) is 5.32 Å². The van der Waals surface area contributed by atoms with Crippen LogP contribution in [0.2, 0.25) is 0 Å². The van der Waals surface area contributed by atoms with Crippen LogP contribution in [0.1, 0.15) is 94.0 Å². The maximum atomic E-state index is 13.9. The Hall–Kier alpha value is -4.84. The number of benzene rings is 10. The standard InChI is InChI=1S/C59H24N6O8S2.3Rb/c1-62-53(67)34-14-21(18-60)41-24-2-6-28-48-30(56(70)63-54(28)68)8-4-26(44(24)48)46-32(16-23(20-66)43(34)51(41)46)37-10-12-39(74-37)40-13-11-38(75-40)33-17-36-50-35(58(72)65-59(36)73)15-22(19-61)42-25-3-7-29-49-31(57(71)64-55(29)69)9-5-27(45(25)49)47(33)52(42)50;;;/h2-17,20H,1H3,(H4,62,63,64,65,67,68,69,70,71,72,73);;;/q;3*+1/p-3. The van der Waals surface area contributed by atoms with Crippen LogP contribution in [0.5, 0.6) is 0 Å². The van der Waals surface area contributed by atoms with Crippen LogP contribution in [0.25, 0.3) is 133 Å². The summed E-state index contributed by atoms with van der Waals surface area (Å²) in [6.07, 6.45) is 0.671. The molecule has 19 heteroatoms. The second kappa shape index (κ2) is 19.4. The van der Waals surface area contributed by atoms with Crippen molar-refractivity contribution in [2.45, 2.75) is 0 Å². The summed E-state index contributed by atoms with van der Waals surface area (Å²) in [4.78, 5) is 111. The minimum absolute atomic E-state index is 0. The molecule has 0 saturated carbocycles. The van der Waals surface area contributed by atoms with Crippen molar-refractivity contribution in [3.05, 3.63) is 169 Å². The summed E-state index contributed by atoms with van der Waals surface area (Å²) in [5.41, 5.74) is 3.05. The Labute approximate surface area is 592 Å². The normalized spacial score (nSPS) is 13.4. The van der Waals surface area contributed by atoms with Crippen molar-refractivity contribution in [3.63, 3.8) is 0 Å². The third-order valence-corrected chi connectivity index (χ3v) is 17.5. The number of nitriles is 2. The molecule has 2 aromatic heterocycles. The number of hydrogen-bond donors (Lipinski definition) is 1. The Bertz CT molecular complexity index is 5030. The Morgan fingerprint density at radius 2 is 0.859 bits per heavy atom. The molecule has 0 aliphatic carbocycles. The maximum absolute atomic E-state index is 13.9. The molecular weight excluding hydrogens is 1240 g/mol. The third kappa shape index (κ3) is 7.16. The number of nitrogens with zero attached hydrogens (tertiary/aromatic N) is 5. The number of imide groups is 3. The molecular formula is C59H21N6O8Rb3S2. The van der Waals surface area contributed by atoms with E-state index >= 15 is 0 Å². The molecule has 350 valence electrons. The van der Waals surface area contributed by atoms with E-state index in [1.165, 1.54) is 41.9 Å². The average Bonchev–Trinajstić information content (AvgIpc) is 4.25. The molecule has 1 N–H and O–H groups in total. The number of aldehydes is 1. The van der Waals surface area contributed by atoms with Gasteiger partial charge in [0.05, 0.1) is 52.8 Å². The van der Waals surface area contributed by atoms with Gasteiger partial charge in [0.15, 0.2) is 6.29 Å². The first-order valence-electron chi connectivity index (χ1n) is 23.1. The summed E-state index contributed by atoms with van der Waals surface area (Å²) in [5, 5.41) is 43.4. The van der Waals surface area contributed by atoms with Crippen molar-refractivity contribution >= 4 is 156 Å². The molecule has 10 aromatic carbocycles. The molecule has 3 aliphatic rings. The van der Waals surface area contributed by atoms with Crippen LogP contribution >= 0.6 is 22.7 Å². The number of carbonyl (C=O) groups is 8. The topological polar surface area (TPSA) is 238 Å². The van der Waals surface area contributed by atoms with Gasteiger partial charge in [0, 0.05) is 118 Å². The predicted octanol–water partition coefficient (Wildman–Crippen LogP) is 3.84. The molecule has 0 atom stereocenters. The third-order valence-electron chi connectivity index (χ3n) is 15.1. The molecule has 7 amide bonds. The predicted molar refractivity (Wildman–Crippen MR) is 285 cm³/mol. The van der Waals surface area contributed by atoms with Crippen molar-refractivity contribution in [2.75, 3.05) is 7.05 Å². The largest absolute Gasteiger partial charge is 1.00 e. The monoisotopic (exact) mass is 1260 g/mol. The summed E-state index contributed by atoms with van der Waals surface area (Å²) in [5.74, 6) is -4.63. The first-order chi connectivity index (χ1) is 36.4. The average molecular weight is 1260 g/mol. The van der Waals surface area contributed by atoms with Gasteiger partial charge < -0.3 is 39.9 Å². The summed E-state index contributed by atoms with van der Waals surface area (Å²) >= 11 is 2.83. The molecule has 3 aliphatic heterocycles. The van der Waals surface area contributed by atoms with Gasteiger partial charge in [0.1, 0.15) is 0 Å². The molecule has 14 nitrogen and oxygen atoms in total. The summed E-state index contributed by atoms with van der Waals surface area (Å²) in [6, 6.07) is 32.0. The van der Waals surface area contributed by atoms with Crippen LogP contribution in [0.3, 0.4) is 0 Å². The van der Waals surface area contributed by atoms with Gasteiger partial charge in [-0.2, -0.15) is 10.5 Å². The molecule has 5 heterocycles. The molecule has 0 fully saturated rings. The fraction of sp³-hybridized carbons (Fsp3) is 0.0169. The fourth-order valence-corrected chi connectivity index (χ4v) is 14.3. The second-order valence-electron chi connectivity index (χ2n) is 18.5. The van der Waals surface area contributed by atoms with E-state index in [9.17, 15) is 48.9 Å². The number of thiophene rings is 2. The van der Waals surface area contributed by atoms with Gasteiger partial charge in [-0.1, -0.05) is 48.5 Å². The zero-order chi connectivity index (χ0) is 51.2. The zero-order valence-corrected chi connectivity index (χ0v) is 57.5. The molecule has 0 spiro atoms. The smallest absolute Gasteiger partial charge is 0.652 e. The number of carbonyl (C=O) groups excluding carboxylic acids is 8. The summed E-state index contributed by atoms with van der Waals surface area (Å²) < 4.78 is 0. The Morgan fingerprint density at radius 3 is 1.31 bits per heavy atom.